The van der Waals surface area contributed by atoms with Crippen LogP contribution in [0.2, 0.25) is 0 Å². The highest BCUT2D eigenvalue weighted by Crippen LogP contribution is 2.31. The van der Waals surface area contributed by atoms with Crippen LogP contribution in [0.15, 0.2) is 18.2 Å². The number of halogens is 3. The van der Waals surface area contributed by atoms with Crippen molar-refractivity contribution in [1.82, 2.24) is 0 Å². The van der Waals surface area contributed by atoms with E-state index in [9.17, 15) is 18.0 Å². The Kier molecular flexibility index (Phi) is 3.98. The summed E-state index contributed by atoms with van der Waals surface area (Å²) in [5.41, 5.74) is 5.23. The molecule has 0 fully saturated rings. The molecule has 0 bridgehead atoms. The summed E-state index contributed by atoms with van der Waals surface area (Å²) in [5.74, 6) is -0.427. The molecule has 0 unspecified atom stereocenters. The van der Waals surface area contributed by atoms with Gasteiger partial charge in [0, 0.05) is 12.1 Å². The number of carbonyl (C=O) groups excluding carboxylic acids is 1. The zero-order chi connectivity index (χ0) is 13.1. The van der Waals surface area contributed by atoms with E-state index in [1.165, 1.54) is 13.2 Å². The minimum absolute atomic E-state index is 0.0312. The lowest BCUT2D eigenvalue weighted by molar-refractivity contribution is -0.140. The van der Waals surface area contributed by atoms with Gasteiger partial charge in [-0.15, -0.1) is 0 Å². The molecule has 0 saturated heterocycles. The van der Waals surface area contributed by atoms with E-state index in [1.54, 1.807) is 0 Å². The van der Waals surface area contributed by atoms with E-state index >= 15 is 0 Å². The first-order chi connectivity index (χ1) is 7.84. The van der Waals surface area contributed by atoms with Gasteiger partial charge in [0.05, 0.1) is 12.7 Å². The lowest BCUT2D eigenvalue weighted by atomic mass is 10.0. The van der Waals surface area contributed by atoms with E-state index in [-0.39, 0.29) is 18.5 Å². The second kappa shape index (κ2) is 5.07. The number of nitrogens with two attached hydrogens (primary N) is 1. The minimum Gasteiger partial charge on any atom is -0.469 e. The molecule has 0 heterocycles. The molecule has 0 aliphatic carbocycles. The Morgan fingerprint density at radius 3 is 2.53 bits per heavy atom. The maximum absolute atomic E-state index is 12.3. The highest BCUT2D eigenvalue weighted by Gasteiger charge is 2.30. The van der Waals surface area contributed by atoms with E-state index in [2.05, 4.69) is 4.74 Å². The summed E-state index contributed by atoms with van der Waals surface area (Å²) in [6, 6.07) is 3.09. The number of alkyl halides is 3. The van der Waals surface area contributed by atoms with Gasteiger partial charge in [0.15, 0.2) is 0 Å². The van der Waals surface area contributed by atoms with Crippen LogP contribution in [-0.4, -0.2) is 13.1 Å². The average Bonchev–Trinajstić information content (AvgIpc) is 2.25. The van der Waals surface area contributed by atoms with Gasteiger partial charge >= 0.3 is 12.1 Å². The zero-order valence-electron chi connectivity index (χ0n) is 9.17. The largest absolute Gasteiger partial charge is 0.469 e. The van der Waals surface area contributed by atoms with Crippen LogP contribution in [-0.2, 0) is 22.1 Å². The number of benzene rings is 1. The second-order valence-corrected chi connectivity index (χ2v) is 3.49. The van der Waals surface area contributed by atoms with Gasteiger partial charge in [-0.25, -0.2) is 0 Å². The van der Waals surface area contributed by atoms with Gasteiger partial charge in [0.25, 0.3) is 0 Å². The molecular weight excluding hydrogens is 235 g/mol. The summed E-state index contributed by atoms with van der Waals surface area (Å²) in [5, 5.41) is 0. The number of methoxy groups -OCH3 is 1. The fraction of sp³-hybridized carbons (Fsp3) is 0.364. The van der Waals surface area contributed by atoms with Gasteiger partial charge in [-0.3, -0.25) is 4.79 Å². The molecule has 1 aromatic carbocycles. The molecule has 0 radical (unpaired) electrons. The monoisotopic (exact) mass is 247 g/mol. The van der Waals surface area contributed by atoms with Crippen molar-refractivity contribution in [2.45, 2.75) is 19.0 Å². The number of ether oxygens (including phenoxy) is 1. The van der Waals surface area contributed by atoms with Crippen LogP contribution in [0.1, 0.15) is 17.5 Å². The normalized spacial score (nSPS) is 11.3. The molecule has 1 aromatic rings. The standard InChI is InChI=1S/C11H12F3NO2/c1-17-10(16)5-3-7-2-4-8(6-9(7)15)11(12,13)14/h2,4,6H,3,5,15H2,1H3. The molecule has 2 N–H and O–H groups in total. The summed E-state index contributed by atoms with van der Waals surface area (Å²) >= 11 is 0. The van der Waals surface area contributed by atoms with E-state index in [0.29, 0.717) is 5.56 Å². The molecule has 6 heteroatoms. The van der Waals surface area contributed by atoms with Crippen LogP contribution in [0.3, 0.4) is 0 Å². The van der Waals surface area contributed by atoms with Crippen LogP contribution in [0.25, 0.3) is 0 Å². The van der Waals surface area contributed by atoms with Gasteiger partial charge in [-0.1, -0.05) is 6.07 Å². The first kappa shape index (κ1) is 13.3. The Bertz CT molecular complexity index is 416. The molecule has 0 saturated carbocycles. The molecule has 17 heavy (non-hydrogen) atoms. The first-order valence-corrected chi connectivity index (χ1v) is 4.87. The number of hydrogen-bond acceptors (Lipinski definition) is 3. The van der Waals surface area contributed by atoms with Crippen LogP contribution >= 0.6 is 0 Å². The first-order valence-electron chi connectivity index (χ1n) is 4.87. The molecule has 94 valence electrons. The van der Waals surface area contributed by atoms with E-state index < -0.39 is 17.7 Å². The predicted molar refractivity (Wildman–Crippen MR) is 56.2 cm³/mol. The molecule has 1 rings (SSSR count). The number of carbonyl (C=O) groups is 1. The minimum atomic E-state index is -4.41. The Balaban J connectivity index is 2.80. The fourth-order valence-electron chi connectivity index (χ4n) is 1.34. The highest BCUT2D eigenvalue weighted by atomic mass is 19.4. The summed E-state index contributed by atoms with van der Waals surface area (Å²) in [6.45, 7) is 0. The number of anilines is 1. The van der Waals surface area contributed by atoms with E-state index in [1.807, 2.05) is 0 Å². The number of aryl methyl sites for hydroxylation is 1. The molecule has 0 atom stereocenters. The quantitative estimate of drug-likeness (QED) is 0.659. The topological polar surface area (TPSA) is 52.3 Å². The molecule has 0 aromatic heterocycles. The summed E-state index contributed by atoms with van der Waals surface area (Å²) in [6.07, 6.45) is -4.06. The summed E-state index contributed by atoms with van der Waals surface area (Å²) in [7, 11) is 1.25. The number of nitrogen functional groups attached to an aromatic ring is 1. The van der Waals surface area contributed by atoms with Crippen molar-refractivity contribution in [2.24, 2.45) is 0 Å². The highest BCUT2D eigenvalue weighted by molar-refractivity contribution is 5.70. The smallest absolute Gasteiger partial charge is 0.416 e. The van der Waals surface area contributed by atoms with Crippen molar-refractivity contribution in [3.63, 3.8) is 0 Å². The van der Waals surface area contributed by atoms with Gasteiger partial charge in [-0.05, 0) is 24.1 Å². The number of esters is 1. The van der Waals surface area contributed by atoms with Crippen LogP contribution in [0.5, 0.6) is 0 Å². The van der Waals surface area contributed by atoms with E-state index in [0.717, 1.165) is 12.1 Å². The Morgan fingerprint density at radius 1 is 1.41 bits per heavy atom. The van der Waals surface area contributed by atoms with Crippen LogP contribution in [0.4, 0.5) is 18.9 Å². The van der Waals surface area contributed by atoms with Gasteiger partial charge in [0.1, 0.15) is 0 Å². The molecule has 0 amide bonds. The van der Waals surface area contributed by atoms with Gasteiger partial charge in [-0.2, -0.15) is 13.2 Å². The van der Waals surface area contributed by atoms with Crippen molar-refractivity contribution in [3.8, 4) is 0 Å². The summed E-state index contributed by atoms with van der Waals surface area (Å²) < 4.78 is 41.4. The van der Waals surface area contributed by atoms with Crippen molar-refractivity contribution < 1.29 is 22.7 Å². The summed E-state index contributed by atoms with van der Waals surface area (Å²) in [4.78, 5) is 10.9. The fourth-order valence-corrected chi connectivity index (χ4v) is 1.34. The van der Waals surface area contributed by atoms with Crippen LogP contribution in [0, 0.1) is 0 Å². The molecule has 0 aliphatic rings. The third kappa shape index (κ3) is 3.65. The van der Waals surface area contributed by atoms with Crippen molar-refractivity contribution >= 4 is 11.7 Å². The van der Waals surface area contributed by atoms with Crippen molar-refractivity contribution in [3.05, 3.63) is 29.3 Å². The lowest BCUT2D eigenvalue weighted by Crippen LogP contribution is -2.08. The Hall–Kier alpha value is -1.72. The second-order valence-electron chi connectivity index (χ2n) is 3.49. The maximum atomic E-state index is 12.3. The SMILES string of the molecule is COC(=O)CCc1ccc(C(F)(F)F)cc1N. The van der Waals surface area contributed by atoms with Gasteiger partial charge in [0.2, 0.25) is 0 Å². The lowest BCUT2D eigenvalue weighted by Gasteiger charge is -2.10. The zero-order valence-corrected chi connectivity index (χ0v) is 9.17. The Morgan fingerprint density at radius 2 is 2.06 bits per heavy atom. The van der Waals surface area contributed by atoms with Crippen LogP contribution < -0.4 is 5.73 Å². The molecular formula is C11H12F3NO2. The predicted octanol–water partition coefficient (Wildman–Crippen LogP) is 2.39. The maximum Gasteiger partial charge on any atom is 0.416 e. The van der Waals surface area contributed by atoms with E-state index in [4.69, 9.17) is 5.73 Å². The molecule has 3 nitrogen and oxygen atoms in total. The third-order valence-electron chi connectivity index (χ3n) is 2.30. The Labute approximate surface area is 96.4 Å². The van der Waals surface area contributed by atoms with Gasteiger partial charge < -0.3 is 10.5 Å². The molecule has 0 aliphatic heterocycles. The average molecular weight is 247 g/mol. The number of hydrogen-bond donors (Lipinski definition) is 1. The van der Waals surface area contributed by atoms with Crippen molar-refractivity contribution in [2.75, 3.05) is 12.8 Å². The third-order valence-corrected chi connectivity index (χ3v) is 2.30. The van der Waals surface area contributed by atoms with Crippen molar-refractivity contribution in [1.29, 1.82) is 0 Å². The molecule has 0 spiro atoms. The number of rotatable bonds is 3.